The Morgan fingerprint density at radius 1 is 1.26 bits per heavy atom. The zero-order valence-electron chi connectivity index (χ0n) is 12.9. The lowest BCUT2D eigenvalue weighted by atomic mass is 10.2. The molecule has 0 aromatic heterocycles. The van der Waals surface area contributed by atoms with Crippen LogP contribution in [0.2, 0.25) is 5.02 Å². The first-order valence-corrected chi connectivity index (χ1v) is 9.83. The molecular weight excluding hydrogens is 346 g/mol. The largest absolute Gasteiger partial charge is 0.311 e. The molecule has 120 valence electrons. The minimum Gasteiger partial charge on any atom is -0.311 e. The van der Waals surface area contributed by atoms with Crippen LogP contribution in [0, 0.1) is 0 Å². The van der Waals surface area contributed by atoms with Crippen LogP contribution in [0.5, 0.6) is 0 Å². The summed E-state index contributed by atoms with van der Waals surface area (Å²) >= 11 is 9.52. The van der Waals surface area contributed by atoms with Crippen LogP contribution in [0.3, 0.4) is 0 Å². The van der Waals surface area contributed by atoms with Gasteiger partial charge in [-0.1, -0.05) is 42.8 Å². The Kier molecular flexibility index (Phi) is 5.57. The van der Waals surface area contributed by atoms with Gasteiger partial charge < -0.3 is 4.90 Å². The van der Waals surface area contributed by atoms with Crippen molar-refractivity contribution in [2.75, 3.05) is 17.2 Å². The lowest BCUT2D eigenvalue weighted by molar-refractivity contribution is -0.116. The van der Waals surface area contributed by atoms with E-state index in [0.29, 0.717) is 16.0 Å². The fourth-order valence-corrected chi connectivity index (χ4v) is 4.75. The first-order chi connectivity index (χ1) is 11.1. The van der Waals surface area contributed by atoms with E-state index in [2.05, 4.69) is 13.0 Å². The zero-order valence-corrected chi connectivity index (χ0v) is 15.3. The quantitative estimate of drug-likeness (QED) is 0.685. The second kappa shape index (κ2) is 7.65. The molecule has 1 atom stereocenters. The van der Waals surface area contributed by atoms with Crippen molar-refractivity contribution in [1.29, 1.82) is 0 Å². The van der Waals surface area contributed by atoms with Crippen LogP contribution in [-0.2, 0) is 4.79 Å². The first-order valence-electron chi connectivity index (χ1n) is 7.58. The zero-order chi connectivity index (χ0) is 16.2. The highest BCUT2D eigenvalue weighted by Crippen LogP contribution is 2.37. The number of fused-ring (bicyclic) bond motifs is 1. The molecule has 2 aromatic rings. The molecule has 0 bridgehead atoms. The van der Waals surface area contributed by atoms with Gasteiger partial charge in [-0.05, 0) is 30.7 Å². The topological polar surface area (TPSA) is 20.3 Å². The number of thioether (sulfide) groups is 2. The van der Waals surface area contributed by atoms with Gasteiger partial charge in [0, 0.05) is 21.6 Å². The summed E-state index contributed by atoms with van der Waals surface area (Å²) in [5.41, 5.74) is 1.03. The molecule has 0 fully saturated rings. The Morgan fingerprint density at radius 3 is 2.83 bits per heavy atom. The van der Waals surface area contributed by atoms with Crippen molar-refractivity contribution in [3.63, 3.8) is 0 Å². The van der Waals surface area contributed by atoms with Crippen molar-refractivity contribution in [3.8, 4) is 0 Å². The highest BCUT2D eigenvalue weighted by molar-refractivity contribution is 8.00. The van der Waals surface area contributed by atoms with Crippen LogP contribution < -0.4 is 4.90 Å². The Hall–Kier alpha value is -1.10. The van der Waals surface area contributed by atoms with Crippen molar-refractivity contribution >= 4 is 46.7 Å². The van der Waals surface area contributed by atoms with Gasteiger partial charge in [0.15, 0.2) is 0 Å². The van der Waals surface area contributed by atoms with E-state index >= 15 is 0 Å². The lowest BCUT2D eigenvalue weighted by Crippen LogP contribution is -2.33. The first kappa shape index (κ1) is 16.7. The number of amides is 1. The Labute approximate surface area is 150 Å². The van der Waals surface area contributed by atoms with Crippen LogP contribution >= 0.6 is 35.1 Å². The highest BCUT2D eigenvalue weighted by atomic mass is 35.5. The molecule has 5 heteroatoms. The molecule has 0 saturated carbocycles. The van der Waals surface area contributed by atoms with E-state index in [1.165, 1.54) is 16.7 Å². The highest BCUT2D eigenvalue weighted by Gasteiger charge is 2.24. The van der Waals surface area contributed by atoms with Crippen molar-refractivity contribution in [2.45, 2.75) is 28.4 Å². The molecule has 0 aliphatic carbocycles. The van der Waals surface area contributed by atoms with Gasteiger partial charge >= 0.3 is 0 Å². The maximum absolute atomic E-state index is 12.8. The number of para-hydroxylation sites is 1. The number of carbonyl (C=O) groups is 1. The second-order valence-electron chi connectivity index (χ2n) is 5.45. The number of nitrogens with zero attached hydrogens (tertiary/aromatic N) is 1. The molecule has 0 unspecified atom stereocenters. The van der Waals surface area contributed by atoms with Gasteiger partial charge in [-0.3, -0.25) is 4.79 Å². The third-order valence-electron chi connectivity index (χ3n) is 3.73. The molecule has 2 nitrogen and oxygen atoms in total. The Bertz CT molecular complexity index is 707. The molecule has 0 saturated heterocycles. The monoisotopic (exact) mass is 363 g/mol. The predicted octanol–water partition coefficient (Wildman–Crippen LogP) is 5.35. The third-order valence-corrected chi connectivity index (χ3v) is 6.47. The van der Waals surface area contributed by atoms with E-state index in [1.807, 2.05) is 59.1 Å². The fraction of sp³-hybridized carbons (Fsp3) is 0.278. The maximum atomic E-state index is 12.8. The van der Waals surface area contributed by atoms with Crippen LogP contribution in [0.4, 0.5) is 5.69 Å². The van der Waals surface area contributed by atoms with E-state index in [-0.39, 0.29) is 5.91 Å². The second-order valence-corrected chi connectivity index (χ2v) is 8.35. The molecule has 1 aliphatic heterocycles. The minimum absolute atomic E-state index is 0.136. The number of benzene rings is 2. The number of hydrogen-bond donors (Lipinski definition) is 0. The van der Waals surface area contributed by atoms with E-state index in [9.17, 15) is 4.79 Å². The normalized spacial score (nSPS) is 17.5. The van der Waals surface area contributed by atoms with Gasteiger partial charge in [0.2, 0.25) is 5.91 Å². The summed E-state index contributed by atoms with van der Waals surface area (Å²) in [5, 5.41) is 1.22. The standard InChI is InChI=1S/C18H18ClNOS2/c1-13-10-11-20(15-7-3-5-9-17(15)23-13)18(21)12-22-16-8-4-2-6-14(16)19/h2-9,13H,10-12H2,1H3/t13-/m1/s1. The molecule has 1 amide bonds. The summed E-state index contributed by atoms with van der Waals surface area (Å²) in [6.07, 6.45) is 1.00. The summed E-state index contributed by atoms with van der Waals surface area (Å²) < 4.78 is 0. The Balaban J connectivity index is 1.75. The molecule has 1 aliphatic rings. The number of hydrogen-bond acceptors (Lipinski definition) is 3. The number of rotatable bonds is 3. The van der Waals surface area contributed by atoms with Gasteiger partial charge in [0.05, 0.1) is 16.5 Å². The van der Waals surface area contributed by atoms with Crippen molar-refractivity contribution < 1.29 is 4.79 Å². The van der Waals surface area contributed by atoms with Gasteiger partial charge in [0.1, 0.15) is 0 Å². The predicted molar refractivity (Wildman–Crippen MR) is 101 cm³/mol. The molecule has 0 radical (unpaired) electrons. The number of anilines is 1. The lowest BCUT2D eigenvalue weighted by Gasteiger charge is -2.22. The molecule has 0 N–H and O–H groups in total. The van der Waals surface area contributed by atoms with Crippen molar-refractivity contribution in [2.24, 2.45) is 0 Å². The molecule has 0 spiro atoms. The molecule has 23 heavy (non-hydrogen) atoms. The SMILES string of the molecule is C[C@@H]1CCN(C(=O)CSc2ccccc2Cl)c2ccccc2S1. The van der Waals surface area contributed by atoms with Crippen molar-refractivity contribution in [3.05, 3.63) is 53.6 Å². The number of halogens is 1. The smallest absolute Gasteiger partial charge is 0.237 e. The summed E-state index contributed by atoms with van der Waals surface area (Å²) in [7, 11) is 0. The average molecular weight is 364 g/mol. The van der Waals surface area contributed by atoms with Gasteiger partial charge in [-0.25, -0.2) is 0 Å². The minimum atomic E-state index is 0.136. The maximum Gasteiger partial charge on any atom is 0.237 e. The van der Waals surface area contributed by atoms with Crippen LogP contribution in [0.25, 0.3) is 0 Å². The van der Waals surface area contributed by atoms with Crippen LogP contribution in [-0.4, -0.2) is 23.5 Å². The van der Waals surface area contributed by atoms with Gasteiger partial charge in [-0.2, -0.15) is 0 Å². The molecule has 1 heterocycles. The fourth-order valence-electron chi connectivity index (χ4n) is 2.53. The van der Waals surface area contributed by atoms with E-state index in [1.54, 1.807) is 0 Å². The Morgan fingerprint density at radius 2 is 2.00 bits per heavy atom. The molecule has 3 rings (SSSR count). The molecular formula is C18H18ClNOS2. The van der Waals surface area contributed by atoms with Crippen LogP contribution in [0.1, 0.15) is 13.3 Å². The summed E-state index contributed by atoms with van der Waals surface area (Å²) in [5.74, 6) is 0.536. The van der Waals surface area contributed by atoms with Crippen LogP contribution in [0.15, 0.2) is 58.3 Å². The van der Waals surface area contributed by atoms with Gasteiger partial charge in [-0.15, -0.1) is 23.5 Å². The van der Waals surface area contributed by atoms with E-state index in [4.69, 9.17) is 11.6 Å². The number of carbonyl (C=O) groups excluding carboxylic acids is 1. The average Bonchev–Trinajstić information content (AvgIpc) is 2.72. The summed E-state index contributed by atoms with van der Waals surface area (Å²) in [4.78, 5) is 16.8. The summed E-state index contributed by atoms with van der Waals surface area (Å²) in [6.45, 7) is 2.99. The van der Waals surface area contributed by atoms with E-state index < -0.39 is 0 Å². The summed E-state index contributed by atoms with van der Waals surface area (Å²) in [6, 6.07) is 15.8. The third kappa shape index (κ3) is 4.06. The van der Waals surface area contributed by atoms with Gasteiger partial charge in [0.25, 0.3) is 0 Å². The molecule has 2 aromatic carbocycles. The van der Waals surface area contributed by atoms with Crippen molar-refractivity contribution in [1.82, 2.24) is 0 Å². The van der Waals surface area contributed by atoms with E-state index in [0.717, 1.165) is 23.5 Å².